The Morgan fingerprint density at radius 1 is 1.39 bits per heavy atom. The molecule has 0 radical (unpaired) electrons. The molecule has 2 heterocycles. The van der Waals surface area contributed by atoms with Gasteiger partial charge in [0.1, 0.15) is 11.6 Å². The first-order valence-electron chi connectivity index (χ1n) is 6.11. The first-order valence-corrected chi connectivity index (χ1v) is 6.11. The van der Waals surface area contributed by atoms with Gasteiger partial charge >= 0.3 is 0 Å². The zero-order chi connectivity index (χ0) is 13.0. The number of nitrogens with zero attached hydrogens (tertiary/aromatic N) is 3. The summed E-state index contributed by atoms with van der Waals surface area (Å²) in [5.74, 6) is 2.30. The van der Waals surface area contributed by atoms with E-state index in [0.29, 0.717) is 6.04 Å². The van der Waals surface area contributed by atoms with E-state index in [9.17, 15) is 0 Å². The molecule has 0 unspecified atom stereocenters. The van der Waals surface area contributed by atoms with Crippen molar-refractivity contribution < 1.29 is 4.74 Å². The van der Waals surface area contributed by atoms with Crippen molar-refractivity contribution in [3.05, 3.63) is 30.7 Å². The van der Waals surface area contributed by atoms with Crippen LogP contribution in [0.5, 0.6) is 11.5 Å². The summed E-state index contributed by atoms with van der Waals surface area (Å²) in [4.78, 5) is 4.19. The number of nitrogens with one attached hydrogen (secondary N) is 1. The molecule has 0 saturated heterocycles. The van der Waals surface area contributed by atoms with Crippen molar-refractivity contribution in [3.8, 4) is 11.5 Å². The molecule has 1 N–H and O–H groups in total. The molecule has 0 amide bonds. The molecule has 0 saturated carbocycles. The second-order valence-corrected chi connectivity index (χ2v) is 4.26. The van der Waals surface area contributed by atoms with E-state index in [2.05, 4.69) is 29.2 Å². The van der Waals surface area contributed by atoms with Crippen molar-refractivity contribution in [3.63, 3.8) is 0 Å². The number of hydrogen-bond acceptors (Lipinski definition) is 4. The first-order chi connectivity index (χ1) is 8.69. The minimum absolute atomic E-state index is 0.331. The van der Waals surface area contributed by atoms with Crippen LogP contribution >= 0.6 is 0 Å². The smallest absolute Gasteiger partial charge is 0.165 e. The minimum Gasteiger partial charge on any atom is -0.454 e. The molecular weight excluding hydrogens is 228 g/mol. The zero-order valence-corrected chi connectivity index (χ0v) is 10.9. The lowest BCUT2D eigenvalue weighted by Crippen LogP contribution is -2.00. The topological polar surface area (TPSA) is 52.0 Å². The van der Waals surface area contributed by atoms with Gasteiger partial charge in [0.25, 0.3) is 0 Å². The predicted octanol–water partition coefficient (Wildman–Crippen LogP) is 3.08. The van der Waals surface area contributed by atoms with Crippen molar-refractivity contribution >= 4 is 5.82 Å². The minimum atomic E-state index is 0.331. The molecule has 0 spiro atoms. The first kappa shape index (κ1) is 12.4. The Bertz CT molecular complexity index is 507. The van der Waals surface area contributed by atoms with E-state index < -0.39 is 0 Å². The molecule has 0 fully saturated rings. The van der Waals surface area contributed by atoms with Crippen LogP contribution in [-0.4, -0.2) is 21.3 Å². The average Bonchev–Trinajstić information content (AvgIpc) is 2.78. The maximum Gasteiger partial charge on any atom is 0.165 e. The van der Waals surface area contributed by atoms with Gasteiger partial charge in [-0.2, -0.15) is 5.10 Å². The van der Waals surface area contributed by atoms with Crippen molar-refractivity contribution in [2.45, 2.75) is 26.8 Å². The van der Waals surface area contributed by atoms with Gasteiger partial charge in [0.2, 0.25) is 0 Å². The summed E-state index contributed by atoms with van der Waals surface area (Å²) >= 11 is 0. The summed E-state index contributed by atoms with van der Waals surface area (Å²) in [7, 11) is 0. The zero-order valence-electron chi connectivity index (χ0n) is 10.9. The predicted molar refractivity (Wildman–Crippen MR) is 71.1 cm³/mol. The molecule has 5 heteroatoms. The van der Waals surface area contributed by atoms with E-state index in [1.807, 2.05) is 29.9 Å². The molecule has 2 aromatic rings. The van der Waals surface area contributed by atoms with Gasteiger partial charge in [-0.3, -0.25) is 4.68 Å². The highest BCUT2D eigenvalue weighted by Crippen LogP contribution is 2.23. The molecule has 2 rings (SSSR count). The largest absolute Gasteiger partial charge is 0.454 e. The van der Waals surface area contributed by atoms with Gasteiger partial charge in [0, 0.05) is 24.8 Å². The molecule has 0 aliphatic rings. The van der Waals surface area contributed by atoms with Crippen LogP contribution in [0, 0.1) is 0 Å². The molecular formula is C13H18N4O. The summed E-state index contributed by atoms with van der Waals surface area (Å²) in [6.07, 6.45) is 5.32. The normalized spacial score (nSPS) is 10.7. The average molecular weight is 246 g/mol. The summed E-state index contributed by atoms with van der Waals surface area (Å²) in [5.41, 5.74) is 0. The van der Waals surface area contributed by atoms with Crippen molar-refractivity contribution in [1.82, 2.24) is 14.8 Å². The van der Waals surface area contributed by atoms with Crippen LogP contribution in [0.1, 0.15) is 26.8 Å². The molecule has 2 aromatic heterocycles. The summed E-state index contributed by atoms with van der Waals surface area (Å²) < 4.78 is 7.60. The standard InChI is InChI=1S/C13H18N4O/c1-4-14-13-7-11(5-6-15-13)18-12-8-16-17(9-12)10(2)3/h5-10H,4H2,1-3H3,(H,14,15). The number of hydrogen-bond donors (Lipinski definition) is 1. The van der Waals surface area contributed by atoms with Crippen molar-refractivity contribution in [2.75, 3.05) is 11.9 Å². The third-order valence-corrected chi connectivity index (χ3v) is 2.43. The number of pyridine rings is 1. The summed E-state index contributed by atoms with van der Waals surface area (Å²) in [6.45, 7) is 7.02. The Morgan fingerprint density at radius 2 is 2.22 bits per heavy atom. The molecule has 0 atom stereocenters. The highest BCUT2D eigenvalue weighted by Gasteiger charge is 2.04. The molecule has 0 aliphatic heterocycles. The van der Waals surface area contributed by atoms with Crippen LogP contribution in [-0.2, 0) is 0 Å². The van der Waals surface area contributed by atoms with Gasteiger partial charge in [-0.15, -0.1) is 0 Å². The Balaban J connectivity index is 2.10. The van der Waals surface area contributed by atoms with Crippen LogP contribution in [0.25, 0.3) is 0 Å². The molecule has 18 heavy (non-hydrogen) atoms. The van der Waals surface area contributed by atoms with Crippen molar-refractivity contribution in [2.24, 2.45) is 0 Å². The van der Waals surface area contributed by atoms with E-state index in [0.717, 1.165) is 23.9 Å². The number of anilines is 1. The van der Waals surface area contributed by atoms with E-state index in [1.165, 1.54) is 0 Å². The fraction of sp³-hybridized carbons (Fsp3) is 0.385. The lowest BCUT2D eigenvalue weighted by Gasteiger charge is -2.06. The van der Waals surface area contributed by atoms with E-state index >= 15 is 0 Å². The summed E-state index contributed by atoms with van der Waals surface area (Å²) in [6, 6.07) is 4.03. The monoisotopic (exact) mass is 246 g/mol. The lowest BCUT2D eigenvalue weighted by molar-refractivity contribution is 0.476. The van der Waals surface area contributed by atoms with E-state index in [-0.39, 0.29) is 0 Å². The summed E-state index contributed by atoms with van der Waals surface area (Å²) in [5, 5.41) is 7.38. The highest BCUT2D eigenvalue weighted by molar-refractivity contribution is 5.41. The van der Waals surface area contributed by atoms with E-state index in [1.54, 1.807) is 12.4 Å². The van der Waals surface area contributed by atoms with Crippen LogP contribution < -0.4 is 10.1 Å². The fourth-order valence-corrected chi connectivity index (χ4v) is 1.54. The van der Waals surface area contributed by atoms with Crippen LogP contribution in [0.3, 0.4) is 0 Å². The molecule has 5 nitrogen and oxygen atoms in total. The van der Waals surface area contributed by atoms with Gasteiger partial charge in [-0.05, 0) is 26.8 Å². The van der Waals surface area contributed by atoms with Crippen LogP contribution in [0.15, 0.2) is 30.7 Å². The van der Waals surface area contributed by atoms with Crippen LogP contribution in [0.4, 0.5) is 5.82 Å². The Hall–Kier alpha value is -2.04. The van der Waals surface area contributed by atoms with E-state index in [4.69, 9.17) is 4.74 Å². The van der Waals surface area contributed by atoms with Gasteiger partial charge in [-0.1, -0.05) is 0 Å². The van der Waals surface area contributed by atoms with Crippen LogP contribution in [0.2, 0.25) is 0 Å². The fourth-order valence-electron chi connectivity index (χ4n) is 1.54. The second-order valence-electron chi connectivity index (χ2n) is 4.26. The SMILES string of the molecule is CCNc1cc(Oc2cnn(C(C)C)c2)ccn1. The Morgan fingerprint density at radius 3 is 2.89 bits per heavy atom. The van der Waals surface area contributed by atoms with Gasteiger partial charge < -0.3 is 10.1 Å². The highest BCUT2D eigenvalue weighted by atomic mass is 16.5. The van der Waals surface area contributed by atoms with Gasteiger partial charge in [-0.25, -0.2) is 4.98 Å². The molecule has 0 aromatic carbocycles. The van der Waals surface area contributed by atoms with Gasteiger partial charge in [0.15, 0.2) is 5.75 Å². The number of aromatic nitrogens is 3. The molecule has 96 valence electrons. The third-order valence-electron chi connectivity index (χ3n) is 2.43. The maximum absolute atomic E-state index is 5.73. The van der Waals surface area contributed by atoms with Gasteiger partial charge in [0.05, 0.1) is 12.4 Å². The Kier molecular flexibility index (Phi) is 3.82. The Labute approximate surface area is 107 Å². The molecule has 0 bridgehead atoms. The second kappa shape index (κ2) is 5.53. The third kappa shape index (κ3) is 3.00. The number of rotatable bonds is 5. The maximum atomic E-state index is 5.73. The lowest BCUT2D eigenvalue weighted by atomic mass is 10.4. The molecule has 0 aliphatic carbocycles. The number of ether oxygens (including phenoxy) is 1. The quantitative estimate of drug-likeness (QED) is 0.880. The van der Waals surface area contributed by atoms with Crippen molar-refractivity contribution in [1.29, 1.82) is 0 Å².